The maximum atomic E-state index is 11.2. The minimum absolute atomic E-state index is 0. The Balaban J connectivity index is -0.000000605. The summed E-state index contributed by atoms with van der Waals surface area (Å²) in [5.41, 5.74) is 0. The molecule has 0 atom stereocenters. The van der Waals surface area contributed by atoms with Gasteiger partial charge in [-0.3, -0.25) is 4.79 Å². The van der Waals surface area contributed by atoms with Gasteiger partial charge < -0.3 is 4.90 Å². The van der Waals surface area contributed by atoms with E-state index < -0.39 is 0 Å². The summed E-state index contributed by atoms with van der Waals surface area (Å²) in [7, 11) is 10.6. The van der Waals surface area contributed by atoms with Crippen LogP contribution in [-0.2, 0) is 4.79 Å². The second-order valence-corrected chi connectivity index (χ2v) is 2.73. The fourth-order valence-electron chi connectivity index (χ4n) is 0.995. The Labute approximate surface area is 92.3 Å². The summed E-state index contributed by atoms with van der Waals surface area (Å²) in [6, 6.07) is 0. The normalized spacial score (nSPS) is 8.36. The first-order chi connectivity index (χ1) is 5.76. The van der Waals surface area contributed by atoms with Crippen molar-refractivity contribution < 1.29 is 4.79 Å². The Morgan fingerprint density at radius 2 is 1.79 bits per heavy atom. The lowest BCUT2D eigenvalue weighted by atomic mass is 10.0. The van der Waals surface area contributed by atoms with Gasteiger partial charge in [0, 0.05) is 13.1 Å². The lowest BCUT2D eigenvalue weighted by molar-refractivity contribution is -0.128. The topological polar surface area (TPSA) is 20.3 Å². The van der Waals surface area contributed by atoms with Crippen LogP contribution in [0.3, 0.4) is 0 Å². The van der Waals surface area contributed by atoms with Gasteiger partial charge in [-0.05, 0) is 12.7 Å². The number of amides is 1. The minimum Gasteiger partial charge on any atom is -0.344 e. The SMILES string of the molecule is C.C.[B]CCN(CCCC)C(=O)C[B]. The molecule has 0 saturated carbocycles. The fourth-order valence-corrected chi connectivity index (χ4v) is 0.995. The lowest BCUT2D eigenvalue weighted by Crippen LogP contribution is -2.32. The van der Waals surface area contributed by atoms with Crippen LogP contribution in [0.2, 0.25) is 12.6 Å². The van der Waals surface area contributed by atoms with Gasteiger partial charge in [-0.15, -0.1) is 0 Å². The molecule has 0 rings (SSSR count). The highest BCUT2D eigenvalue weighted by atomic mass is 16.2. The second kappa shape index (κ2) is 12.6. The second-order valence-electron chi connectivity index (χ2n) is 2.73. The van der Waals surface area contributed by atoms with Gasteiger partial charge in [0.1, 0.15) is 0 Å². The molecular formula is C10H23B2NO. The van der Waals surface area contributed by atoms with Gasteiger partial charge in [0.25, 0.3) is 0 Å². The van der Waals surface area contributed by atoms with Gasteiger partial charge >= 0.3 is 0 Å². The molecule has 0 aliphatic rings. The predicted molar refractivity (Wildman–Crippen MR) is 66.1 cm³/mol. The number of carbonyl (C=O) groups is 1. The molecule has 0 saturated heterocycles. The molecule has 0 aromatic rings. The molecule has 0 heterocycles. The average Bonchev–Trinajstić information content (AvgIpc) is 2.11. The third kappa shape index (κ3) is 8.21. The zero-order chi connectivity index (χ0) is 9.40. The van der Waals surface area contributed by atoms with Gasteiger partial charge in [0.15, 0.2) is 0 Å². The van der Waals surface area contributed by atoms with E-state index in [-0.39, 0.29) is 27.1 Å². The van der Waals surface area contributed by atoms with Crippen molar-refractivity contribution in [3.8, 4) is 0 Å². The maximum absolute atomic E-state index is 11.2. The van der Waals surface area contributed by atoms with E-state index >= 15 is 0 Å². The Kier molecular flexibility index (Phi) is 17.3. The molecule has 0 aromatic heterocycles. The van der Waals surface area contributed by atoms with Crippen LogP contribution >= 0.6 is 0 Å². The number of hydrogen-bond donors (Lipinski definition) is 0. The summed E-state index contributed by atoms with van der Waals surface area (Å²) in [5, 5.41) is 0. The van der Waals surface area contributed by atoms with Crippen molar-refractivity contribution in [2.75, 3.05) is 13.1 Å². The first kappa shape index (κ1) is 19.2. The highest BCUT2D eigenvalue weighted by Crippen LogP contribution is 1.98. The molecule has 14 heavy (non-hydrogen) atoms. The largest absolute Gasteiger partial charge is 0.344 e. The molecule has 4 heteroatoms. The third-order valence-corrected chi connectivity index (χ3v) is 1.71. The van der Waals surface area contributed by atoms with Crippen LogP contribution in [0.4, 0.5) is 0 Å². The van der Waals surface area contributed by atoms with Crippen molar-refractivity contribution in [2.45, 2.75) is 47.3 Å². The molecular weight excluding hydrogens is 172 g/mol. The van der Waals surface area contributed by atoms with E-state index in [9.17, 15) is 4.79 Å². The highest BCUT2D eigenvalue weighted by Gasteiger charge is 2.07. The van der Waals surface area contributed by atoms with E-state index in [1.165, 1.54) is 0 Å². The van der Waals surface area contributed by atoms with Crippen LogP contribution in [0.15, 0.2) is 0 Å². The zero-order valence-corrected chi connectivity index (χ0v) is 7.75. The molecule has 2 nitrogen and oxygen atoms in total. The smallest absolute Gasteiger partial charge is 0.213 e. The van der Waals surface area contributed by atoms with Crippen molar-refractivity contribution in [3.05, 3.63) is 0 Å². The number of hydrogen-bond acceptors (Lipinski definition) is 1. The van der Waals surface area contributed by atoms with Crippen molar-refractivity contribution in [3.63, 3.8) is 0 Å². The average molecular weight is 195 g/mol. The maximum Gasteiger partial charge on any atom is 0.213 e. The number of unbranched alkanes of at least 4 members (excludes halogenated alkanes) is 1. The third-order valence-electron chi connectivity index (χ3n) is 1.71. The van der Waals surface area contributed by atoms with Gasteiger partial charge in [-0.1, -0.05) is 34.5 Å². The van der Waals surface area contributed by atoms with Crippen molar-refractivity contribution in [1.29, 1.82) is 0 Å². The van der Waals surface area contributed by atoms with Crippen molar-refractivity contribution in [2.24, 2.45) is 0 Å². The van der Waals surface area contributed by atoms with E-state index in [1.54, 1.807) is 4.90 Å². The molecule has 0 fully saturated rings. The van der Waals surface area contributed by atoms with Crippen LogP contribution < -0.4 is 0 Å². The van der Waals surface area contributed by atoms with E-state index in [1.807, 2.05) is 0 Å². The van der Waals surface area contributed by atoms with E-state index in [4.69, 9.17) is 15.7 Å². The van der Waals surface area contributed by atoms with Crippen molar-refractivity contribution in [1.82, 2.24) is 4.90 Å². The van der Waals surface area contributed by atoms with E-state index in [0.717, 1.165) is 19.4 Å². The first-order valence-corrected chi connectivity index (χ1v) is 4.44. The lowest BCUT2D eigenvalue weighted by Gasteiger charge is -2.21. The molecule has 0 bridgehead atoms. The molecule has 4 radical (unpaired) electrons. The van der Waals surface area contributed by atoms with Crippen LogP contribution in [0.25, 0.3) is 0 Å². The summed E-state index contributed by atoms with van der Waals surface area (Å²) >= 11 is 0. The quantitative estimate of drug-likeness (QED) is 0.594. The van der Waals surface area contributed by atoms with Crippen LogP contribution in [0.1, 0.15) is 34.6 Å². The molecule has 0 unspecified atom stereocenters. The standard InChI is InChI=1S/C8H15B2NO.2CH4/c1-2-3-5-11(6-4-9)8(12)7-10;;/h2-7H2,1H3;2*1H4. The van der Waals surface area contributed by atoms with Crippen LogP contribution in [0.5, 0.6) is 0 Å². The first-order valence-electron chi connectivity index (χ1n) is 4.44. The Morgan fingerprint density at radius 3 is 2.14 bits per heavy atom. The Hall–Kier alpha value is -0.400. The summed E-state index contributed by atoms with van der Waals surface area (Å²) in [5.74, 6) is -0.00565. The summed E-state index contributed by atoms with van der Waals surface area (Å²) < 4.78 is 0. The van der Waals surface area contributed by atoms with Gasteiger partial charge in [0.05, 0.1) is 15.7 Å². The summed E-state index contributed by atoms with van der Waals surface area (Å²) in [6.45, 7) is 3.49. The summed E-state index contributed by atoms with van der Waals surface area (Å²) in [6.07, 6.45) is 2.70. The molecule has 80 valence electrons. The molecule has 0 N–H and O–H groups in total. The molecule has 1 amide bonds. The number of nitrogens with zero attached hydrogens (tertiary/aromatic N) is 1. The Bertz CT molecular complexity index is 131. The Morgan fingerprint density at radius 1 is 1.21 bits per heavy atom. The van der Waals surface area contributed by atoms with E-state index in [0.29, 0.717) is 12.9 Å². The fraction of sp³-hybridized carbons (Fsp3) is 0.900. The number of carbonyl (C=O) groups excluding carboxylic acids is 1. The van der Waals surface area contributed by atoms with Gasteiger partial charge in [-0.25, -0.2) is 0 Å². The molecule has 0 aliphatic heterocycles. The highest BCUT2D eigenvalue weighted by molar-refractivity contribution is 6.19. The molecule has 0 spiro atoms. The molecule has 0 aliphatic carbocycles. The predicted octanol–water partition coefficient (Wildman–Crippen LogP) is 2.06. The van der Waals surface area contributed by atoms with Crippen LogP contribution in [-0.4, -0.2) is 39.6 Å². The van der Waals surface area contributed by atoms with E-state index in [2.05, 4.69) is 6.92 Å². The molecule has 0 aromatic carbocycles. The summed E-state index contributed by atoms with van der Waals surface area (Å²) in [4.78, 5) is 12.9. The van der Waals surface area contributed by atoms with Gasteiger partial charge in [-0.2, -0.15) is 0 Å². The number of rotatable bonds is 6. The van der Waals surface area contributed by atoms with Gasteiger partial charge in [0.2, 0.25) is 5.91 Å². The van der Waals surface area contributed by atoms with Crippen molar-refractivity contribution >= 4 is 21.6 Å². The van der Waals surface area contributed by atoms with Crippen LogP contribution in [0, 0.1) is 0 Å². The zero-order valence-electron chi connectivity index (χ0n) is 7.75. The monoisotopic (exact) mass is 195 g/mol. The minimum atomic E-state index is -0.00565.